The Balaban J connectivity index is 1.41. The van der Waals surface area contributed by atoms with E-state index in [0.29, 0.717) is 31.8 Å². The van der Waals surface area contributed by atoms with E-state index >= 15 is 0 Å². The minimum Gasteiger partial charge on any atom is -0.493 e. The molecule has 3 heterocycles. The van der Waals surface area contributed by atoms with E-state index in [-0.39, 0.29) is 6.03 Å². The van der Waals surface area contributed by atoms with Crippen LogP contribution >= 0.6 is 0 Å². The van der Waals surface area contributed by atoms with E-state index in [4.69, 9.17) is 9.47 Å². The highest BCUT2D eigenvalue weighted by atomic mass is 16.5. The van der Waals surface area contributed by atoms with E-state index in [2.05, 4.69) is 27.8 Å². The second-order valence-electron chi connectivity index (χ2n) is 8.85. The van der Waals surface area contributed by atoms with Gasteiger partial charge in [-0.25, -0.2) is 4.79 Å². The van der Waals surface area contributed by atoms with E-state index in [1.165, 1.54) is 0 Å². The number of ether oxygens (including phenoxy) is 2. The maximum atomic E-state index is 12.2. The van der Waals surface area contributed by atoms with Gasteiger partial charge in [0.15, 0.2) is 0 Å². The summed E-state index contributed by atoms with van der Waals surface area (Å²) in [7, 11) is 0. The Labute approximate surface area is 205 Å². The van der Waals surface area contributed by atoms with Crippen LogP contribution in [0.1, 0.15) is 18.9 Å². The molecule has 0 atom stereocenters. The summed E-state index contributed by atoms with van der Waals surface area (Å²) in [5.74, 6) is 0.810. The quantitative estimate of drug-likeness (QED) is 0.503. The van der Waals surface area contributed by atoms with Crippen molar-refractivity contribution in [1.82, 2.24) is 14.8 Å². The number of nitriles is 1. The maximum absolute atomic E-state index is 12.2. The van der Waals surface area contributed by atoms with Gasteiger partial charge in [0.25, 0.3) is 0 Å². The lowest BCUT2D eigenvalue weighted by Gasteiger charge is -2.26. The first kappa shape index (κ1) is 23.2. The second-order valence-corrected chi connectivity index (χ2v) is 8.85. The van der Waals surface area contributed by atoms with E-state index in [9.17, 15) is 10.1 Å². The van der Waals surface area contributed by atoms with Crippen molar-refractivity contribution in [3.05, 3.63) is 48.0 Å². The fourth-order valence-corrected chi connectivity index (χ4v) is 5.00. The molecule has 2 aromatic carbocycles. The molecule has 3 aromatic rings. The molecule has 2 saturated heterocycles. The van der Waals surface area contributed by atoms with Gasteiger partial charge in [0.2, 0.25) is 0 Å². The number of urea groups is 1. The number of aromatic nitrogens is 1. The summed E-state index contributed by atoms with van der Waals surface area (Å²) in [5.41, 5.74) is 4.25. The van der Waals surface area contributed by atoms with Gasteiger partial charge < -0.3 is 19.4 Å². The van der Waals surface area contributed by atoms with Gasteiger partial charge in [-0.1, -0.05) is 12.1 Å². The lowest BCUT2D eigenvalue weighted by molar-refractivity contribution is 0.0358. The number of benzene rings is 2. The van der Waals surface area contributed by atoms with Crippen molar-refractivity contribution in [2.75, 3.05) is 57.4 Å². The Hall–Kier alpha value is -3.54. The molecule has 5 rings (SSSR count). The number of nitrogens with one attached hydrogen (secondary N) is 1. The van der Waals surface area contributed by atoms with Gasteiger partial charge >= 0.3 is 6.03 Å². The monoisotopic (exact) mass is 473 g/mol. The molecule has 182 valence electrons. The normalized spacial score (nSPS) is 16.5. The molecule has 0 aliphatic carbocycles. The average molecular weight is 474 g/mol. The summed E-state index contributed by atoms with van der Waals surface area (Å²) in [6.07, 6.45) is 0.957. The van der Waals surface area contributed by atoms with E-state index < -0.39 is 0 Å². The lowest BCUT2D eigenvalue weighted by atomic mass is 10.0. The molecule has 2 aliphatic heterocycles. The number of anilines is 1. The van der Waals surface area contributed by atoms with Crippen LogP contribution in [0.2, 0.25) is 0 Å². The smallest absolute Gasteiger partial charge is 0.321 e. The number of rotatable bonds is 8. The highest BCUT2D eigenvalue weighted by Crippen LogP contribution is 2.36. The summed E-state index contributed by atoms with van der Waals surface area (Å²) in [5, 5.41) is 13.9. The molecule has 1 N–H and O–H groups in total. The SMILES string of the molecule is CCn1c(-c2cccc(N3CCNC3=O)c2)c(C#N)c2ccc(OCCCN3CCOCC3)cc21. The largest absolute Gasteiger partial charge is 0.493 e. The fourth-order valence-electron chi connectivity index (χ4n) is 5.00. The number of hydrogen-bond donors (Lipinski definition) is 1. The topological polar surface area (TPSA) is 82.8 Å². The third-order valence-electron chi connectivity index (χ3n) is 6.74. The standard InChI is InChI=1S/C27H31N5O3/c1-2-31-25-18-22(35-14-4-10-30-12-15-34-16-13-30)7-8-23(25)24(19-28)26(31)20-5-3-6-21(17-20)32-11-9-29-27(32)33/h3,5-8,17-18H,2,4,9-16H2,1H3,(H,29,33). The van der Waals surface area contributed by atoms with Crippen LogP contribution in [0.4, 0.5) is 10.5 Å². The van der Waals surface area contributed by atoms with Crippen LogP contribution in [0, 0.1) is 11.3 Å². The number of carbonyl (C=O) groups excluding carboxylic acids is 1. The number of aryl methyl sites for hydroxylation is 1. The fraction of sp³-hybridized carbons (Fsp3) is 0.407. The molecule has 0 saturated carbocycles. The Morgan fingerprint density at radius 1 is 1.14 bits per heavy atom. The number of carbonyl (C=O) groups is 1. The molecule has 1 aromatic heterocycles. The van der Waals surface area contributed by atoms with Crippen LogP contribution in [0.3, 0.4) is 0 Å². The zero-order valence-corrected chi connectivity index (χ0v) is 20.1. The molecule has 2 aliphatic rings. The van der Waals surface area contributed by atoms with Gasteiger partial charge in [-0.05, 0) is 37.6 Å². The number of morpholine rings is 1. The van der Waals surface area contributed by atoms with Crippen molar-refractivity contribution in [1.29, 1.82) is 5.26 Å². The van der Waals surface area contributed by atoms with Crippen LogP contribution in [0.25, 0.3) is 22.2 Å². The number of nitrogens with zero attached hydrogens (tertiary/aromatic N) is 4. The molecule has 0 spiro atoms. The molecular formula is C27H31N5O3. The molecule has 8 nitrogen and oxygen atoms in total. The highest BCUT2D eigenvalue weighted by Gasteiger charge is 2.23. The predicted molar refractivity (Wildman–Crippen MR) is 136 cm³/mol. The van der Waals surface area contributed by atoms with Gasteiger partial charge in [-0.3, -0.25) is 9.80 Å². The molecule has 2 amide bonds. The van der Waals surface area contributed by atoms with E-state index in [1.807, 2.05) is 42.5 Å². The lowest BCUT2D eigenvalue weighted by Crippen LogP contribution is -2.37. The predicted octanol–water partition coefficient (Wildman–Crippen LogP) is 3.83. The van der Waals surface area contributed by atoms with Crippen molar-refractivity contribution in [3.8, 4) is 23.1 Å². The summed E-state index contributed by atoms with van der Waals surface area (Å²) in [6.45, 7) is 9.30. The Kier molecular flexibility index (Phi) is 6.89. The van der Waals surface area contributed by atoms with Gasteiger partial charge in [0.05, 0.1) is 36.6 Å². The first-order chi connectivity index (χ1) is 17.2. The highest BCUT2D eigenvalue weighted by molar-refractivity contribution is 5.97. The van der Waals surface area contributed by atoms with Crippen LogP contribution in [0.15, 0.2) is 42.5 Å². The van der Waals surface area contributed by atoms with E-state index in [1.54, 1.807) is 4.90 Å². The third kappa shape index (κ3) is 4.70. The first-order valence-electron chi connectivity index (χ1n) is 12.3. The molecule has 2 fully saturated rings. The van der Waals surface area contributed by atoms with E-state index in [0.717, 1.165) is 72.9 Å². The van der Waals surface area contributed by atoms with Crippen LogP contribution in [0.5, 0.6) is 5.75 Å². The Morgan fingerprint density at radius 2 is 2.00 bits per heavy atom. The molecule has 35 heavy (non-hydrogen) atoms. The molecular weight excluding hydrogens is 442 g/mol. The summed E-state index contributed by atoms with van der Waals surface area (Å²) in [6, 6.07) is 16.2. The molecule has 8 heteroatoms. The maximum Gasteiger partial charge on any atom is 0.321 e. The van der Waals surface area contributed by atoms with Crippen LogP contribution < -0.4 is 15.0 Å². The minimum absolute atomic E-state index is 0.0888. The second kappa shape index (κ2) is 10.4. The number of amides is 2. The number of hydrogen-bond acceptors (Lipinski definition) is 5. The molecule has 0 unspecified atom stereocenters. The molecule has 0 bridgehead atoms. The molecule has 0 radical (unpaired) electrons. The first-order valence-corrected chi connectivity index (χ1v) is 12.3. The van der Waals surface area contributed by atoms with Gasteiger partial charge in [-0.2, -0.15) is 5.26 Å². The Bertz CT molecular complexity index is 1260. The van der Waals surface area contributed by atoms with Crippen LogP contribution in [-0.2, 0) is 11.3 Å². The zero-order chi connectivity index (χ0) is 24.2. The zero-order valence-electron chi connectivity index (χ0n) is 20.1. The van der Waals surface area contributed by atoms with Gasteiger partial charge in [0.1, 0.15) is 11.8 Å². The number of fused-ring (bicyclic) bond motifs is 1. The summed E-state index contributed by atoms with van der Waals surface area (Å²) < 4.78 is 13.7. The third-order valence-corrected chi connectivity index (χ3v) is 6.74. The summed E-state index contributed by atoms with van der Waals surface area (Å²) in [4.78, 5) is 16.3. The van der Waals surface area contributed by atoms with Gasteiger partial charge in [0, 0.05) is 62.0 Å². The van der Waals surface area contributed by atoms with Crippen molar-refractivity contribution >= 4 is 22.6 Å². The van der Waals surface area contributed by atoms with Gasteiger partial charge in [-0.15, -0.1) is 0 Å². The Morgan fingerprint density at radius 3 is 2.74 bits per heavy atom. The van der Waals surface area contributed by atoms with Crippen LogP contribution in [-0.4, -0.2) is 68.0 Å². The van der Waals surface area contributed by atoms with Crippen molar-refractivity contribution in [2.45, 2.75) is 19.9 Å². The summed E-state index contributed by atoms with van der Waals surface area (Å²) >= 11 is 0. The van der Waals surface area contributed by atoms with Crippen molar-refractivity contribution < 1.29 is 14.3 Å². The van der Waals surface area contributed by atoms with Crippen molar-refractivity contribution in [2.24, 2.45) is 0 Å². The average Bonchev–Trinajstić information content (AvgIpc) is 3.47. The van der Waals surface area contributed by atoms with Crippen molar-refractivity contribution in [3.63, 3.8) is 0 Å². The minimum atomic E-state index is -0.0888.